The lowest BCUT2D eigenvalue weighted by atomic mass is 9.97. The molecule has 0 aromatic carbocycles. The number of carbonyl (C=O) groups is 6. The summed E-state index contributed by atoms with van der Waals surface area (Å²) in [6, 6.07) is -3.86. The summed E-state index contributed by atoms with van der Waals surface area (Å²) < 4.78 is 5.84. The number of hydrogen-bond donors (Lipinski definition) is 4. The van der Waals surface area contributed by atoms with E-state index in [2.05, 4.69) is 32.8 Å². The molecule has 0 aromatic heterocycles. The number of fused-ring (bicyclic) bond motifs is 3. The molecule has 5 amide bonds. The van der Waals surface area contributed by atoms with Gasteiger partial charge in [-0.3, -0.25) is 33.8 Å². The Bertz CT molecular complexity index is 1200. The number of Topliss-reactive ketones (excluding diaryl/α,β-unsaturated/α-hetero) is 1. The molecule has 3 aliphatic rings. The number of ketones is 1. The van der Waals surface area contributed by atoms with E-state index in [1.807, 2.05) is 27.7 Å². The third-order valence-corrected chi connectivity index (χ3v) is 9.50. The molecule has 2 bridgehead atoms. The first kappa shape index (κ1) is 36.2. The van der Waals surface area contributed by atoms with Crippen LogP contribution in [-0.2, 0) is 33.5 Å². The third kappa shape index (κ3) is 9.62. The van der Waals surface area contributed by atoms with Gasteiger partial charge < -0.3 is 30.9 Å². The molecule has 6 atom stereocenters. The number of aliphatic imine (C=N–C) groups is 1. The largest absolute Gasteiger partial charge is 0.369 e. The minimum Gasteiger partial charge on any atom is -0.369 e. The van der Waals surface area contributed by atoms with Crippen molar-refractivity contribution in [1.82, 2.24) is 26.2 Å². The average Bonchev–Trinajstić information content (AvgIpc) is 3.69. The molecule has 0 aliphatic carbocycles. The summed E-state index contributed by atoms with van der Waals surface area (Å²) in [6.07, 6.45) is 3.45. The third-order valence-electron chi connectivity index (χ3n) is 8.30. The fourth-order valence-electron chi connectivity index (χ4n) is 5.25. The second kappa shape index (κ2) is 15.8. The van der Waals surface area contributed by atoms with Gasteiger partial charge in [0.05, 0.1) is 31.3 Å². The SMILES string of the molecule is C=CC(C)(C)OC[C@@H]1NC(=O)CNC(=O)[C@@H]2CCCN2C(=O)[C@H](C(C)CC)NC(=O)C2CN=C(S2)C(=O)[C@H](CC(C)C)NC1=O. The zero-order valence-corrected chi connectivity index (χ0v) is 28.0. The number of amides is 5. The Hall–Kier alpha value is -3.26. The summed E-state index contributed by atoms with van der Waals surface area (Å²) >= 11 is 1.01. The zero-order valence-electron chi connectivity index (χ0n) is 27.1. The van der Waals surface area contributed by atoms with Crippen LogP contribution in [0.1, 0.15) is 67.2 Å². The van der Waals surface area contributed by atoms with E-state index < -0.39 is 71.0 Å². The minimum absolute atomic E-state index is 0.0166. The lowest BCUT2D eigenvalue weighted by molar-refractivity contribution is -0.142. The van der Waals surface area contributed by atoms with Crippen LogP contribution < -0.4 is 21.3 Å². The Morgan fingerprint density at radius 3 is 2.40 bits per heavy atom. The molecule has 3 heterocycles. The summed E-state index contributed by atoms with van der Waals surface area (Å²) in [7, 11) is 0. The Morgan fingerprint density at radius 1 is 1.04 bits per heavy atom. The molecule has 13 nitrogen and oxygen atoms in total. The van der Waals surface area contributed by atoms with Crippen molar-refractivity contribution in [2.45, 2.75) is 102 Å². The van der Waals surface area contributed by atoms with Gasteiger partial charge >= 0.3 is 0 Å². The first-order valence-corrected chi connectivity index (χ1v) is 16.6. The van der Waals surface area contributed by atoms with Crippen molar-refractivity contribution in [2.75, 3.05) is 26.2 Å². The quantitative estimate of drug-likeness (QED) is 0.279. The van der Waals surface area contributed by atoms with Crippen LogP contribution in [0.2, 0.25) is 0 Å². The Morgan fingerprint density at radius 2 is 1.76 bits per heavy atom. The molecule has 3 rings (SSSR count). The van der Waals surface area contributed by atoms with Crippen LogP contribution in [0.3, 0.4) is 0 Å². The standard InChI is InChI=1S/C31H48N6O7S/c1-8-18(5)24-30(43)37-12-10-11-21(37)27(41)32-15-23(38)34-20(16-44-31(6,7)9-2)26(40)35-19(13-17(3)4)25(39)29-33-14-22(45-29)28(42)36-24/h9,17-22,24H,2,8,10-16H2,1,3-7H3,(H,32,41)(H,34,38)(H,35,40)(H,36,42)/t18?,19-,20-,21-,22?,24-/m0/s1. The first-order chi connectivity index (χ1) is 21.2. The Balaban J connectivity index is 1.95. The van der Waals surface area contributed by atoms with Crippen molar-refractivity contribution in [3.8, 4) is 0 Å². The lowest BCUT2D eigenvalue weighted by Crippen LogP contribution is -2.57. The predicted octanol–water partition coefficient (Wildman–Crippen LogP) is 0.718. The maximum absolute atomic E-state index is 13.8. The first-order valence-electron chi connectivity index (χ1n) is 15.7. The smallest absolute Gasteiger partial charge is 0.246 e. The van der Waals surface area contributed by atoms with Crippen molar-refractivity contribution in [2.24, 2.45) is 16.8 Å². The van der Waals surface area contributed by atoms with Crippen LogP contribution >= 0.6 is 11.8 Å². The molecule has 0 spiro atoms. The molecule has 250 valence electrons. The van der Waals surface area contributed by atoms with Gasteiger partial charge in [0, 0.05) is 6.54 Å². The molecule has 3 aliphatic heterocycles. The van der Waals surface area contributed by atoms with E-state index in [1.54, 1.807) is 19.9 Å². The number of nitrogens with zero attached hydrogens (tertiary/aromatic N) is 2. The van der Waals surface area contributed by atoms with Crippen molar-refractivity contribution < 1.29 is 33.5 Å². The van der Waals surface area contributed by atoms with E-state index in [4.69, 9.17) is 4.74 Å². The summed E-state index contributed by atoms with van der Waals surface area (Å²) in [5.41, 5.74) is -0.812. The van der Waals surface area contributed by atoms with Gasteiger partial charge in [0.1, 0.15) is 28.4 Å². The number of nitrogens with one attached hydrogen (secondary N) is 4. The molecule has 4 N–H and O–H groups in total. The summed E-state index contributed by atoms with van der Waals surface area (Å²) in [6.45, 7) is 14.5. The fourth-order valence-corrected chi connectivity index (χ4v) is 6.25. The van der Waals surface area contributed by atoms with Gasteiger partial charge in [-0.1, -0.05) is 52.0 Å². The predicted molar refractivity (Wildman–Crippen MR) is 171 cm³/mol. The molecule has 2 saturated heterocycles. The van der Waals surface area contributed by atoms with Gasteiger partial charge in [-0.15, -0.1) is 6.58 Å². The van der Waals surface area contributed by atoms with E-state index in [9.17, 15) is 28.8 Å². The van der Waals surface area contributed by atoms with E-state index in [1.165, 1.54) is 4.90 Å². The summed E-state index contributed by atoms with van der Waals surface area (Å²) in [5.74, 6) is -3.23. The number of hydrogen-bond acceptors (Lipinski definition) is 9. The summed E-state index contributed by atoms with van der Waals surface area (Å²) in [4.78, 5) is 86.5. The molecule has 45 heavy (non-hydrogen) atoms. The van der Waals surface area contributed by atoms with Crippen molar-refractivity contribution in [3.05, 3.63) is 12.7 Å². The molecular weight excluding hydrogens is 600 g/mol. The van der Waals surface area contributed by atoms with Gasteiger partial charge in [-0.2, -0.15) is 0 Å². The van der Waals surface area contributed by atoms with Gasteiger partial charge in [0.15, 0.2) is 0 Å². The van der Waals surface area contributed by atoms with E-state index >= 15 is 0 Å². The maximum atomic E-state index is 13.8. The van der Waals surface area contributed by atoms with Crippen molar-refractivity contribution >= 4 is 52.1 Å². The molecule has 0 aromatic rings. The van der Waals surface area contributed by atoms with Crippen LogP contribution in [0, 0.1) is 11.8 Å². The molecular formula is C31H48N6O7S. The second-order valence-electron chi connectivity index (χ2n) is 12.8. The molecule has 0 saturated carbocycles. The molecule has 2 fully saturated rings. The summed E-state index contributed by atoms with van der Waals surface area (Å²) in [5, 5.41) is 10.2. The number of ether oxygens (including phenoxy) is 1. The van der Waals surface area contributed by atoms with Crippen LogP contribution in [0.4, 0.5) is 0 Å². The van der Waals surface area contributed by atoms with Gasteiger partial charge in [0.2, 0.25) is 35.3 Å². The van der Waals surface area contributed by atoms with E-state index in [0.717, 1.165) is 11.8 Å². The lowest BCUT2D eigenvalue weighted by Gasteiger charge is -2.31. The average molecular weight is 649 g/mol. The molecule has 0 radical (unpaired) electrons. The highest BCUT2D eigenvalue weighted by Crippen LogP contribution is 2.26. The maximum Gasteiger partial charge on any atom is 0.246 e. The van der Waals surface area contributed by atoms with Gasteiger partial charge in [0.25, 0.3) is 0 Å². The van der Waals surface area contributed by atoms with Crippen LogP contribution in [0.25, 0.3) is 0 Å². The Kier molecular flexibility index (Phi) is 12.7. The highest BCUT2D eigenvalue weighted by Gasteiger charge is 2.41. The molecule has 14 heteroatoms. The van der Waals surface area contributed by atoms with Gasteiger partial charge in [-0.05, 0) is 44.9 Å². The number of carbonyl (C=O) groups excluding carboxylic acids is 6. The van der Waals surface area contributed by atoms with Crippen molar-refractivity contribution in [3.63, 3.8) is 0 Å². The minimum atomic E-state index is -1.20. The van der Waals surface area contributed by atoms with Crippen molar-refractivity contribution in [1.29, 1.82) is 0 Å². The number of rotatable bonds is 8. The Labute approximate surface area is 269 Å². The molecule has 2 unspecified atom stereocenters. The monoisotopic (exact) mass is 648 g/mol. The normalized spacial score (nSPS) is 28.2. The highest BCUT2D eigenvalue weighted by molar-refractivity contribution is 8.17. The topological polar surface area (TPSA) is 175 Å². The fraction of sp³-hybridized carbons (Fsp3) is 0.710. The second-order valence-corrected chi connectivity index (χ2v) is 14.0. The zero-order chi connectivity index (χ0) is 33.5. The highest BCUT2D eigenvalue weighted by atomic mass is 32.2. The van der Waals surface area contributed by atoms with Crippen LogP contribution in [0.15, 0.2) is 17.6 Å². The van der Waals surface area contributed by atoms with Crippen LogP contribution in [0.5, 0.6) is 0 Å². The van der Waals surface area contributed by atoms with Gasteiger partial charge in [-0.25, -0.2) is 0 Å². The van der Waals surface area contributed by atoms with E-state index in [0.29, 0.717) is 32.2 Å². The number of thioether (sulfide) groups is 1. The van der Waals surface area contributed by atoms with E-state index in [-0.39, 0.29) is 35.9 Å². The van der Waals surface area contributed by atoms with Crippen LogP contribution in [-0.4, -0.2) is 107 Å².